The molecule has 1 amide bonds. The van der Waals surface area contributed by atoms with Gasteiger partial charge in [-0.15, -0.1) is 0 Å². The predicted octanol–water partition coefficient (Wildman–Crippen LogP) is 4.05. The Bertz CT molecular complexity index is 819. The topological polar surface area (TPSA) is 46.9 Å². The van der Waals surface area contributed by atoms with Gasteiger partial charge in [-0.1, -0.05) is 45.0 Å². The number of carbonyl (C=O) groups excluding carboxylic acids is 1. The summed E-state index contributed by atoms with van der Waals surface area (Å²) in [5, 5.41) is 7.84. The molecule has 4 heteroatoms. The second-order valence-electron chi connectivity index (χ2n) is 8.51. The van der Waals surface area contributed by atoms with Crippen LogP contribution < -0.4 is 5.32 Å². The largest absolute Gasteiger partial charge is 0.349 e. The van der Waals surface area contributed by atoms with E-state index in [-0.39, 0.29) is 23.3 Å². The van der Waals surface area contributed by atoms with Crippen molar-refractivity contribution in [1.82, 2.24) is 15.1 Å². The average molecular weight is 354 g/mol. The zero-order chi connectivity index (χ0) is 19.1. The fourth-order valence-electron chi connectivity index (χ4n) is 4.14. The third-order valence-electron chi connectivity index (χ3n) is 6.09. The second-order valence-corrected chi connectivity index (χ2v) is 8.51. The quantitative estimate of drug-likeness (QED) is 0.901. The van der Waals surface area contributed by atoms with E-state index in [1.54, 1.807) is 0 Å². The van der Waals surface area contributed by atoms with Gasteiger partial charge in [0.25, 0.3) is 0 Å². The van der Waals surface area contributed by atoms with Gasteiger partial charge in [0.15, 0.2) is 0 Å². The van der Waals surface area contributed by atoms with E-state index in [0.717, 1.165) is 30.7 Å². The summed E-state index contributed by atoms with van der Waals surface area (Å²) in [6.45, 7) is 10.6. The number of nitrogens with zero attached hydrogens (tertiary/aromatic N) is 2. The maximum atomic E-state index is 13.0. The Hall–Kier alpha value is -2.10. The van der Waals surface area contributed by atoms with E-state index in [2.05, 4.69) is 55.5 Å². The number of aromatic nitrogens is 2. The highest BCUT2D eigenvalue weighted by Gasteiger charge is 2.37. The molecule has 0 saturated heterocycles. The lowest BCUT2D eigenvalue weighted by Gasteiger charge is -2.41. The number of hydrogen-bond donors (Lipinski definition) is 1. The standard InChI is InChI=1S/C22H31N3O/c1-14(13-19-15(2)24-25(6)16(19)3)21(26)23-20-18-10-8-7-9-17(18)11-12-22(20,4)5/h7-10,14,20H,11-13H2,1-6H3,(H,23,26)/t14-,20+/m0/s1. The molecule has 0 radical (unpaired) electrons. The zero-order valence-corrected chi connectivity index (χ0v) is 16.9. The number of aryl methyl sites for hydroxylation is 3. The molecule has 0 fully saturated rings. The maximum absolute atomic E-state index is 13.0. The van der Waals surface area contributed by atoms with Crippen molar-refractivity contribution in [2.45, 2.75) is 59.9 Å². The minimum absolute atomic E-state index is 0.0594. The van der Waals surface area contributed by atoms with Gasteiger partial charge in [0.2, 0.25) is 5.91 Å². The Morgan fingerprint density at radius 1 is 1.35 bits per heavy atom. The highest BCUT2D eigenvalue weighted by atomic mass is 16.1. The molecular weight excluding hydrogens is 322 g/mol. The van der Waals surface area contributed by atoms with Crippen LogP contribution in [0.15, 0.2) is 24.3 Å². The fourth-order valence-corrected chi connectivity index (χ4v) is 4.14. The fraction of sp³-hybridized carbons (Fsp3) is 0.545. The zero-order valence-electron chi connectivity index (χ0n) is 16.9. The number of rotatable bonds is 4. The smallest absolute Gasteiger partial charge is 0.223 e. The van der Waals surface area contributed by atoms with Crippen LogP contribution in [-0.4, -0.2) is 15.7 Å². The van der Waals surface area contributed by atoms with Gasteiger partial charge in [-0.3, -0.25) is 9.48 Å². The lowest BCUT2D eigenvalue weighted by molar-refractivity contribution is -0.126. The Balaban J connectivity index is 1.78. The van der Waals surface area contributed by atoms with Gasteiger partial charge in [0, 0.05) is 18.7 Å². The molecule has 1 N–H and O–H groups in total. The number of carbonyl (C=O) groups is 1. The maximum Gasteiger partial charge on any atom is 0.223 e. The van der Waals surface area contributed by atoms with Crippen LogP contribution in [0.5, 0.6) is 0 Å². The van der Waals surface area contributed by atoms with Gasteiger partial charge in [-0.2, -0.15) is 5.10 Å². The van der Waals surface area contributed by atoms with Crippen LogP contribution in [0.2, 0.25) is 0 Å². The van der Waals surface area contributed by atoms with E-state index in [4.69, 9.17) is 0 Å². The number of benzene rings is 1. The molecule has 0 aliphatic heterocycles. The summed E-state index contributed by atoms with van der Waals surface area (Å²) in [6.07, 6.45) is 2.90. The second kappa shape index (κ2) is 6.90. The SMILES string of the molecule is Cc1nn(C)c(C)c1C[C@H](C)C(=O)N[C@@H]1c2ccccc2CCC1(C)C. The first-order valence-corrected chi connectivity index (χ1v) is 9.58. The van der Waals surface area contributed by atoms with Crippen molar-refractivity contribution in [2.24, 2.45) is 18.4 Å². The molecular formula is C22H31N3O. The Morgan fingerprint density at radius 3 is 2.69 bits per heavy atom. The van der Waals surface area contributed by atoms with Gasteiger partial charge >= 0.3 is 0 Å². The molecule has 1 aromatic carbocycles. The average Bonchev–Trinajstić information content (AvgIpc) is 2.83. The van der Waals surface area contributed by atoms with Crippen molar-refractivity contribution in [3.63, 3.8) is 0 Å². The van der Waals surface area contributed by atoms with Gasteiger partial charge < -0.3 is 5.32 Å². The van der Waals surface area contributed by atoms with Gasteiger partial charge in [-0.25, -0.2) is 0 Å². The van der Waals surface area contributed by atoms with E-state index in [0.29, 0.717) is 0 Å². The van der Waals surface area contributed by atoms with Crippen molar-refractivity contribution in [3.8, 4) is 0 Å². The van der Waals surface area contributed by atoms with Crippen molar-refractivity contribution >= 4 is 5.91 Å². The number of fused-ring (bicyclic) bond motifs is 1. The molecule has 3 rings (SSSR count). The minimum Gasteiger partial charge on any atom is -0.349 e. The molecule has 0 bridgehead atoms. The first kappa shape index (κ1) is 18.7. The molecule has 0 unspecified atom stereocenters. The molecule has 0 saturated carbocycles. The third-order valence-corrected chi connectivity index (χ3v) is 6.09. The molecule has 26 heavy (non-hydrogen) atoms. The number of hydrogen-bond acceptors (Lipinski definition) is 2. The van der Waals surface area contributed by atoms with Gasteiger partial charge in [0.1, 0.15) is 0 Å². The summed E-state index contributed by atoms with van der Waals surface area (Å²) in [5.41, 5.74) is 6.06. The van der Waals surface area contributed by atoms with E-state index in [1.807, 2.05) is 25.6 Å². The molecule has 140 valence electrons. The lowest BCUT2D eigenvalue weighted by Crippen LogP contribution is -2.43. The highest BCUT2D eigenvalue weighted by Crippen LogP contribution is 2.43. The van der Waals surface area contributed by atoms with Crippen molar-refractivity contribution in [3.05, 3.63) is 52.3 Å². The van der Waals surface area contributed by atoms with Crippen molar-refractivity contribution < 1.29 is 4.79 Å². The van der Waals surface area contributed by atoms with Crippen molar-refractivity contribution in [1.29, 1.82) is 0 Å². The van der Waals surface area contributed by atoms with Crippen LogP contribution >= 0.6 is 0 Å². The van der Waals surface area contributed by atoms with Crippen LogP contribution in [0.25, 0.3) is 0 Å². The normalized spacial score (nSPS) is 19.7. The van der Waals surface area contributed by atoms with Gasteiger partial charge in [-0.05, 0) is 55.2 Å². The summed E-state index contributed by atoms with van der Waals surface area (Å²) in [4.78, 5) is 13.0. The molecule has 2 aromatic rings. The summed E-state index contributed by atoms with van der Waals surface area (Å²) in [7, 11) is 1.96. The van der Waals surface area contributed by atoms with Crippen LogP contribution in [0.1, 0.15) is 61.3 Å². The van der Waals surface area contributed by atoms with E-state index in [1.165, 1.54) is 16.7 Å². The molecule has 1 aromatic heterocycles. The molecule has 2 atom stereocenters. The molecule has 1 aliphatic carbocycles. The van der Waals surface area contributed by atoms with Crippen LogP contribution in [0.4, 0.5) is 0 Å². The Kier molecular flexibility index (Phi) is 4.96. The summed E-state index contributed by atoms with van der Waals surface area (Å²) in [5.74, 6) is 0.0453. The lowest BCUT2D eigenvalue weighted by atomic mass is 9.70. The number of amides is 1. The van der Waals surface area contributed by atoms with E-state index in [9.17, 15) is 4.79 Å². The Morgan fingerprint density at radius 2 is 2.04 bits per heavy atom. The van der Waals surface area contributed by atoms with E-state index >= 15 is 0 Å². The first-order chi connectivity index (χ1) is 12.2. The minimum atomic E-state index is -0.0820. The van der Waals surface area contributed by atoms with Gasteiger partial charge in [0.05, 0.1) is 11.7 Å². The predicted molar refractivity (Wildman–Crippen MR) is 105 cm³/mol. The monoisotopic (exact) mass is 353 g/mol. The first-order valence-electron chi connectivity index (χ1n) is 9.58. The van der Waals surface area contributed by atoms with Crippen LogP contribution in [-0.2, 0) is 24.7 Å². The highest BCUT2D eigenvalue weighted by molar-refractivity contribution is 5.79. The molecule has 4 nitrogen and oxygen atoms in total. The van der Waals surface area contributed by atoms with E-state index < -0.39 is 0 Å². The summed E-state index contributed by atoms with van der Waals surface area (Å²) < 4.78 is 1.90. The summed E-state index contributed by atoms with van der Waals surface area (Å²) >= 11 is 0. The van der Waals surface area contributed by atoms with Crippen LogP contribution in [0.3, 0.4) is 0 Å². The Labute approximate surface area is 157 Å². The van der Waals surface area contributed by atoms with Crippen molar-refractivity contribution in [2.75, 3.05) is 0 Å². The summed E-state index contributed by atoms with van der Waals surface area (Å²) in [6, 6.07) is 8.59. The molecule has 1 aliphatic rings. The molecule has 1 heterocycles. The number of nitrogens with one attached hydrogen (secondary N) is 1. The van der Waals surface area contributed by atoms with Crippen LogP contribution in [0, 0.1) is 25.2 Å². The third kappa shape index (κ3) is 3.42. The molecule has 0 spiro atoms.